The first-order valence-corrected chi connectivity index (χ1v) is 18.2. The minimum atomic E-state index is 1.10. The Labute approximate surface area is 311 Å². The van der Waals surface area contributed by atoms with Crippen molar-refractivity contribution in [3.05, 3.63) is 224 Å². The van der Waals surface area contributed by atoms with Gasteiger partial charge < -0.3 is 4.90 Å². The molecule has 250 valence electrons. The SMILES string of the molecule is c1ccc(-c2cccc(N(c3ccc(-c4cccc(-c5cccc(-c6ccc7ccccc7c6)c5)c4)cc3)c3ccccc3-c3ccccc3)c2)cc1. The molecule has 0 heterocycles. The van der Waals surface area contributed by atoms with Crippen LogP contribution >= 0.6 is 0 Å². The molecular weight excluding hydrogens is 639 g/mol. The zero-order chi connectivity index (χ0) is 35.4. The molecule has 0 saturated carbocycles. The fourth-order valence-electron chi connectivity index (χ4n) is 7.34. The monoisotopic (exact) mass is 675 g/mol. The standard InChI is InChI=1S/C52H37N/c1-3-14-38(15-4-1)47-24-13-25-50(37-47)53(52-27-10-9-26-51(52)41-17-5-2-6-18-41)49-32-30-40(31-33-49)43-20-11-21-44(34-43)45-22-12-23-46(36-45)48-29-28-39-16-7-8-19-42(39)35-48/h1-37H. The van der Waals surface area contributed by atoms with Gasteiger partial charge in [-0.05, 0) is 109 Å². The van der Waals surface area contributed by atoms with E-state index in [2.05, 4.69) is 229 Å². The number of hydrogen-bond acceptors (Lipinski definition) is 1. The molecule has 0 fully saturated rings. The van der Waals surface area contributed by atoms with Gasteiger partial charge in [-0.3, -0.25) is 0 Å². The van der Waals surface area contributed by atoms with Crippen LogP contribution in [0.3, 0.4) is 0 Å². The van der Waals surface area contributed by atoms with Gasteiger partial charge in [0.2, 0.25) is 0 Å². The third-order valence-corrected chi connectivity index (χ3v) is 10.0. The molecule has 1 nitrogen and oxygen atoms in total. The molecule has 53 heavy (non-hydrogen) atoms. The molecule has 0 aliphatic carbocycles. The highest BCUT2D eigenvalue weighted by Crippen LogP contribution is 2.42. The molecule has 0 saturated heterocycles. The van der Waals surface area contributed by atoms with E-state index in [0.29, 0.717) is 0 Å². The van der Waals surface area contributed by atoms with Crippen molar-refractivity contribution in [2.24, 2.45) is 0 Å². The van der Waals surface area contributed by atoms with E-state index in [1.807, 2.05) is 0 Å². The lowest BCUT2D eigenvalue weighted by molar-refractivity contribution is 1.28. The fraction of sp³-hybridized carbons (Fsp3) is 0. The molecule has 0 radical (unpaired) electrons. The molecule has 0 bridgehead atoms. The fourth-order valence-corrected chi connectivity index (χ4v) is 7.34. The molecule has 0 unspecified atom stereocenters. The van der Waals surface area contributed by atoms with Crippen LogP contribution in [0, 0.1) is 0 Å². The highest BCUT2D eigenvalue weighted by Gasteiger charge is 2.18. The summed E-state index contributed by atoms with van der Waals surface area (Å²) in [6.07, 6.45) is 0. The zero-order valence-corrected chi connectivity index (χ0v) is 29.3. The molecule has 0 N–H and O–H groups in total. The average molecular weight is 676 g/mol. The van der Waals surface area contributed by atoms with E-state index in [4.69, 9.17) is 0 Å². The van der Waals surface area contributed by atoms with E-state index in [9.17, 15) is 0 Å². The Morgan fingerprint density at radius 3 is 1.36 bits per heavy atom. The lowest BCUT2D eigenvalue weighted by Crippen LogP contribution is -2.11. The van der Waals surface area contributed by atoms with Crippen molar-refractivity contribution in [2.45, 2.75) is 0 Å². The van der Waals surface area contributed by atoms with E-state index in [-0.39, 0.29) is 0 Å². The summed E-state index contributed by atoms with van der Waals surface area (Å²) in [6.45, 7) is 0. The molecule has 9 aromatic carbocycles. The van der Waals surface area contributed by atoms with Crippen molar-refractivity contribution in [3.8, 4) is 55.6 Å². The first kappa shape index (κ1) is 32.0. The molecule has 0 spiro atoms. The van der Waals surface area contributed by atoms with Crippen LogP contribution in [0.1, 0.15) is 0 Å². The van der Waals surface area contributed by atoms with Crippen molar-refractivity contribution in [2.75, 3.05) is 4.90 Å². The van der Waals surface area contributed by atoms with Crippen molar-refractivity contribution >= 4 is 27.8 Å². The summed E-state index contributed by atoms with van der Waals surface area (Å²) >= 11 is 0. The molecule has 0 atom stereocenters. The maximum Gasteiger partial charge on any atom is 0.0540 e. The smallest absolute Gasteiger partial charge is 0.0540 e. The minimum absolute atomic E-state index is 1.10. The van der Waals surface area contributed by atoms with Gasteiger partial charge in [-0.25, -0.2) is 0 Å². The lowest BCUT2D eigenvalue weighted by atomic mass is 9.95. The van der Waals surface area contributed by atoms with Crippen LogP contribution in [0.25, 0.3) is 66.4 Å². The number of anilines is 3. The Balaban J connectivity index is 1.08. The summed E-state index contributed by atoms with van der Waals surface area (Å²) in [5.74, 6) is 0. The summed E-state index contributed by atoms with van der Waals surface area (Å²) in [5, 5.41) is 2.52. The topological polar surface area (TPSA) is 3.24 Å². The third kappa shape index (κ3) is 6.65. The number of nitrogens with zero attached hydrogens (tertiary/aromatic N) is 1. The molecule has 9 rings (SSSR count). The number of hydrogen-bond donors (Lipinski definition) is 0. The number of rotatable bonds is 8. The van der Waals surface area contributed by atoms with Gasteiger partial charge in [-0.1, -0.05) is 176 Å². The van der Waals surface area contributed by atoms with Crippen LogP contribution in [0.15, 0.2) is 224 Å². The van der Waals surface area contributed by atoms with Crippen LogP contribution in [-0.4, -0.2) is 0 Å². The van der Waals surface area contributed by atoms with Crippen LogP contribution in [-0.2, 0) is 0 Å². The maximum absolute atomic E-state index is 2.38. The first-order chi connectivity index (χ1) is 26.3. The van der Waals surface area contributed by atoms with Gasteiger partial charge in [0, 0.05) is 16.9 Å². The molecule has 0 amide bonds. The van der Waals surface area contributed by atoms with Gasteiger partial charge in [0.15, 0.2) is 0 Å². The second-order valence-corrected chi connectivity index (χ2v) is 13.4. The molecule has 9 aromatic rings. The Hall–Kier alpha value is -6.96. The summed E-state index contributed by atoms with van der Waals surface area (Å²) in [7, 11) is 0. The molecular formula is C52H37N. The quantitative estimate of drug-likeness (QED) is 0.155. The van der Waals surface area contributed by atoms with Gasteiger partial charge in [0.1, 0.15) is 0 Å². The van der Waals surface area contributed by atoms with Crippen LogP contribution in [0.2, 0.25) is 0 Å². The second-order valence-electron chi connectivity index (χ2n) is 13.4. The van der Waals surface area contributed by atoms with Crippen LogP contribution in [0.4, 0.5) is 17.1 Å². The minimum Gasteiger partial charge on any atom is -0.310 e. The maximum atomic E-state index is 2.38. The molecule has 0 aliphatic heterocycles. The van der Waals surface area contributed by atoms with Crippen molar-refractivity contribution in [1.82, 2.24) is 0 Å². The number of benzene rings is 9. The molecule has 0 aliphatic rings. The van der Waals surface area contributed by atoms with Crippen molar-refractivity contribution in [3.63, 3.8) is 0 Å². The second kappa shape index (κ2) is 14.3. The first-order valence-electron chi connectivity index (χ1n) is 18.2. The summed E-state index contributed by atoms with van der Waals surface area (Å²) in [4.78, 5) is 2.38. The predicted octanol–water partition coefficient (Wildman–Crippen LogP) is 14.6. The van der Waals surface area contributed by atoms with Crippen molar-refractivity contribution in [1.29, 1.82) is 0 Å². The van der Waals surface area contributed by atoms with Gasteiger partial charge >= 0.3 is 0 Å². The highest BCUT2D eigenvalue weighted by atomic mass is 15.1. The molecule has 1 heteroatoms. The number of fused-ring (bicyclic) bond motifs is 1. The van der Waals surface area contributed by atoms with Crippen LogP contribution < -0.4 is 4.90 Å². The van der Waals surface area contributed by atoms with E-state index in [0.717, 1.165) is 17.1 Å². The Kier molecular flexibility index (Phi) is 8.66. The van der Waals surface area contributed by atoms with E-state index in [1.165, 1.54) is 66.4 Å². The Morgan fingerprint density at radius 2 is 0.679 bits per heavy atom. The normalized spacial score (nSPS) is 11.0. The van der Waals surface area contributed by atoms with E-state index in [1.54, 1.807) is 0 Å². The van der Waals surface area contributed by atoms with E-state index < -0.39 is 0 Å². The largest absolute Gasteiger partial charge is 0.310 e. The zero-order valence-electron chi connectivity index (χ0n) is 29.3. The highest BCUT2D eigenvalue weighted by molar-refractivity contribution is 5.90. The summed E-state index contributed by atoms with van der Waals surface area (Å²) in [6, 6.07) is 80.8. The van der Waals surface area contributed by atoms with E-state index >= 15 is 0 Å². The van der Waals surface area contributed by atoms with Crippen LogP contribution in [0.5, 0.6) is 0 Å². The summed E-state index contributed by atoms with van der Waals surface area (Å²) in [5.41, 5.74) is 15.3. The molecule has 0 aromatic heterocycles. The van der Waals surface area contributed by atoms with Gasteiger partial charge in [0.05, 0.1) is 5.69 Å². The Morgan fingerprint density at radius 1 is 0.226 bits per heavy atom. The summed E-state index contributed by atoms with van der Waals surface area (Å²) < 4.78 is 0. The third-order valence-electron chi connectivity index (χ3n) is 10.0. The predicted molar refractivity (Wildman–Crippen MR) is 226 cm³/mol. The van der Waals surface area contributed by atoms with Gasteiger partial charge in [-0.2, -0.15) is 0 Å². The van der Waals surface area contributed by atoms with Gasteiger partial charge in [-0.15, -0.1) is 0 Å². The Bertz CT molecular complexity index is 2660. The van der Waals surface area contributed by atoms with Crippen molar-refractivity contribution < 1.29 is 0 Å². The lowest BCUT2D eigenvalue weighted by Gasteiger charge is -2.28. The van der Waals surface area contributed by atoms with Gasteiger partial charge in [0.25, 0.3) is 0 Å². The average Bonchev–Trinajstić information content (AvgIpc) is 3.25. The number of para-hydroxylation sites is 1.